The Bertz CT molecular complexity index is 563. The Kier molecular flexibility index (Phi) is 6.82. The van der Waals surface area contributed by atoms with E-state index in [1.54, 1.807) is 25.7 Å². The molecular formula is C19H28N2O4. The third-order valence-electron chi connectivity index (χ3n) is 3.88. The van der Waals surface area contributed by atoms with E-state index in [1.807, 2.05) is 30.3 Å². The van der Waals surface area contributed by atoms with Crippen molar-refractivity contribution >= 4 is 12.0 Å². The van der Waals surface area contributed by atoms with Crippen molar-refractivity contribution in [2.75, 3.05) is 26.3 Å². The molecule has 1 atom stereocenters. The summed E-state index contributed by atoms with van der Waals surface area (Å²) in [5, 5.41) is 2.75. The van der Waals surface area contributed by atoms with Crippen molar-refractivity contribution in [3.05, 3.63) is 35.9 Å². The highest BCUT2D eigenvalue weighted by Gasteiger charge is 2.28. The normalized spacial score (nSPS) is 16.2. The van der Waals surface area contributed by atoms with Crippen LogP contribution in [-0.2, 0) is 20.7 Å². The summed E-state index contributed by atoms with van der Waals surface area (Å²) in [4.78, 5) is 26.7. The van der Waals surface area contributed by atoms with Crippen molar-refractivity contribution < 1.29 is 19.1 Å². The van der Waals surface area contributed by atoms with Crippen LogP contribution >= 0.6 is 0 Å². The Morgan fingerprint density at radius 1 is 1.20 bits per heavy atom. The van der Waals surface area contributed by atoms with E-state index in [0.717, 1.165) is 5.56 Å². The van der Waals surface area contributed by atoms with Crippen molar-refractivity contribution in [2.24, 2.45) is 0 Å². The molecule has 0 radical (unpaired) electrons. The fraction of sp³-hybridized carbons (Fsp3) is 0.579. The number of nitrogens with zero attached hydrogens (tertiary/aromatic N) is 1. The van der Waals surface area contributed by atoms with Gasteiger partial charge in [0.25, 0.3) is 0 Å². The van der Waals surface area contributed by atoms with Crippen LogP contribution in [0.1, 0.15) is 32.8 Å². The molecule has 0 spiro atoms. The summed E-state index contributed by atoms with van der Waals surface area (Å²) in [5.41, 5.74) is 0.532. The largest absolute Gasteiger partial charge is 0.444 e. The highest BCUT2D eigenvalue weighted by atomic mass is 16.6. The number of hydrogen-bond donors (Lipinski definition) is 1. The molecule has 1 fully saturated rings. The van der Waals surface area contributed by atoms with E-state index in [-0.39, 0.29) is 5.91 Å². The van der Waals surface area contributed by atoms with E-state index in [0.29, 0.717) is 39.1 Å². The third kappa shape index (κ3) is 6.74. The topological polar surface area (TPSA) is 67.9 Å². The predicted octanol–water partition coefficient (Wildman–Crippen LogP) is 2.37. The minimum Gasteiger partial charge on any atom is -0.444 e. The summed E-state index contributed by atoms with van der Waals surface area (Å²) < 4.78 is 10.6. The zero-order chi connectivity index (χ0) is 18.3. The zero-order valence-corrected chi connectivity index (χ0v) is 15.3. The lowest BCUT2D eigenvalue weighted by Gasteiger charge is -2.31. The van der Waals surface area contributed by atoms with Gasteiger partial charge in [-0.05, 0) is 39.2 Å². The molecule has 1 heterocycles. The molecular weight excluding hydrogens is 320 g/mol. The summed E-state index contributed by atoms with van der Waals surface area (Å²) in [6.45, 7) is 7.57. The SMILES string of the molecule is CC(C)(C)OC(=O)N[C@@H](CCc1ccccc1)C(=O)N1CCOCC1. The first kappa shape index (κ1) is 19.2. The van der Waals surface area contributed by atoms with Gasteiger partial charge in [-0.2, -0.15) is 0 Å². The number of ether oxygens (including phenoxy) is 2. The van der Waals surface area contributed by atoms with Crippen LogP contribution in [-0.4, -0.2) is 54.8 Å². The molecule has 1 N–H and O–H groups in total. The van der Waals surface area contributed by atoms with Crippen LogP contribution in [0, 0.1) is 0 Å². The van der Waals surface area contributed by atoms with Gasteiger partial charge in [-0.3, -0.25) is 4.79 Å². The van der Waals surface area contributed by atoms with Crippen LogP contribution in [0.25, 0.3) is 0 Å². The molecule has 1 saturated heterocycles. The number of carbonyl (C=O) groups excluding carboxylic acids is 2. The van der Waals surface area contributed by atoms with Gasteiger partial charge in [0.15, 0.2) is 0 Å². The molecule has 0 saturated carbocycles. The van der Waals surface area contributed by atoms with E-state index >= 15 is 0 Å². The Labute approximate surface area is 149 Å². The van der Waals surface area contributed by atoms with Crippen LogP contribution in [0.15, 0.2) is 30.3 Å². The van der Waals surface area contributed by atoms with Gasteiger partial charge in [0.1, 0.15) is 11.6 Å². The fourth-order valence-corrected chi connectivity index (χ4v) is 2.67. The van der Waals surface area contributed by atoms with Crippen LogP contribution in [0.3, 0.4) is 0 Å². The average Bonchev–Trinajstić information content (AvgIpc) is 2.58. The number of benzene rings is 1. The number of morpholine rings is 1. The second-order valence-electron chi connectivity index (χ2n) is 7.16. The highest BCUT2D eigenvalue weighted by Crippen LogP contribution is 2.11. The van der Waals surface area contributed by atoms with Gasteiger partial charge in [-0.15, -0.1) is 0 Å². The maximum absolute atomic E-state index is 12.8. The lowest BCUT2D eigenvalue weighted by Crippen LogP contribution is -2.52. The molecule has 138 valence electrons. The fourth-order valence-electron chi connectivity index (χ4n) is 2.67. The molecule has 2 amide bonds. The molecule has 0 aliphatic carbocycles. The first-order valence-corrected chi connectivity index (χ1v) is 8.75. The van der Waals surface area contributed by atoms with Crippen molar-refractivity contribution in [2.45, 2.75) is 45.3 Å². The van der Waals surface area contributed by atoms with Crippen molar-refractivity contribution in [3.63, 3.8) is 0 Å². The minimum atomic E-state index is -0.604. The minimum absolute atomic E-state index is 0.0786. The molecule has 6 nitrogen and oxygen atoms in total. The van der Waals surface area contributed by atoms with Gasteiger partial charge in [-0.25, -0.2) is 4.79 Å². The van der Waals surface area contributed by atoms with Crippen LogP contribution in [0.5, 0.6) is 0 Å². The van der Waals surface area contributed by atoms with Gasteiger partial charge < -0.3 is 19.7 Å². The molecule has 1 aliphatic heterocycles. The van der Waals surface area contributed by atoms with Gasteiger partial charge in [0.05, 0.1) is 13.2 Å². The Hall–Kier alpha value is -2.08. The van der Waals surface area contributed by atoms with Gasteiger partial charge in [0.2, 0.25) is 5.91 Å². The molecule has 0 bridgehead atoms. The van der Waals surface area contributed by atoms with Gasteiger partial charge >= 0.3 is 6.09 Å². The number of rotatable bonds is 5. The molecule has 6 heteroatoms. The van der Waals surface area contributed by atoms with E-state index in [2.05, 4.69) is 5.32 Å². The number of hydrogen-bond acceptors (Lipinski definition) is 4. The first-order valence-electron chi connectivity index (χ1n) is 8.75. The Balaban J connectivity index is 2.01. The monoisotopic (exact) mass is 348 g/mol. The molecule has 1 aromatic rings. The summed E-state index contributed by atoms with van der Waals surface area (Å²) >= 11 is 0. The molecule has 0 aromatic heterocycles. The second kappa shape index (κ2) is 8.85. The third-order valence-corrected chi connectivity index (χ3v) is 3.88. The van der Waals surface area contributed by atoms with Crippen LogP contribution in [0.2, 0.25) is 0 Å². The maximum atomic E-state index is 12.8. The predicted molar refractivity (Wildman–Crippen MR) is 95.3 cm³/mol. The molecule has 1 aliphatic rings. The number of aryl methyl sites for hydroxylation is 1. The maximum Gasteiger partial charge on any atom is 0.408 e. The first-order chi connectivity index (χ1) is 11.8. The highest BCUT2D eigenvalue weighted by molar-refractivity contribution is 5.85. The Morgan fingerprint density at radius 2 is 1.84 bits per heavy atom. The second-order valence-corrected chi connectivity index (χ2v) is 7.16. The molecule has 25 heavy (non-hydrogen) atoms. The zero-order valence-electron chi connectivity index (χ0n) is 15.3. The van der Waals surface area contributed by atoms with E-state index in [4.69, 9.17) is 9.47 Å². The summed E-state index contributed by atoms with van der Waals surface area (Å²) in [5.74, 6) is -0.0786. The smallest absolute Gasteiger partial charge is 0.408 e. The number of carbonyl (C=O) groups is 2. The van der Waals surface area contributed by atoms with Crippen molar-refractivity contribution in [1.29, 1.82) is 0 Å². The molecule has 0 unspecified atom stereocenters. The standard InChI is InChI=1S/C19H28N2O4/c1-19(2,3)25-18(23)20-16(10-9-15-7-5-4-6-8-15)17(22)21-11-13-24-14-12-21/h4-8,16H,9-14H2,1-3H3,(H,20,23)/t16-/m0/s1. The molecule has 1 aromatic carbocycles. The summed E-state index contributed by atoms with van der Waals surface area (Å²) in [6, 6.07) is 9.32. The van der Waals surface area contributed by atoms with E-state index < -0.39 is 17.7 Å². The van der Waals surface area contributed by atoms with E-state index in [1.165, 1.54) is 0 Å². The average molecular weight is 348 g/mol. The number of amides is 2. The quantitative estimate of drug-likeness (QED) is 0.887. The summed E-state index contributed by atoms with van der Waals surface area (Å²) in [6.07, 6.45) is 0.670. The van der Waals surface area contributed by atoms with Crippen LogP contribution in [0.4, 0.5) is 4.79 Å². The number of nitrogens with one attached hydrogen (secondary N) is 1. The Morgan fingerprint density at radius 3 is 2.44 bits per heavy atom. The summed E-state index contributed by atoms with van der Waals surface area (Å²) in [7, 11) is 0. The number of alkyl carbamates (subject to hydrolysis) is 1. The lowest BCUT2D eigenvalue weighted by molar-refractivity contribution is -0.137. The lowest BCUT2D eigenvalue weighted by atomic mass is 10.0. The van der Waals surface area contributed by atoms with Gasteiger partial charge in [0, 0.05) is 13.1 Å². The van der Waals surface area contributed by atoms with E-state index in [9.17, 15) is 9.59 Å². The van der Waals surface area contributed by atoms with Crippen molar-refractivity contribution in [1.82, 2.24) is 10.2 Å². The van der Waals surface area contributed by atoms with Crippen molar-refractivity contribution in [3.8, 4) is 0 Å². The van der Waals surface area contributed by atoms with Gasteiger partial charge in [-0.1, -0.05) is 30.3 Å². The molecule has 2 rings (SSSR count). The van der Waals surface area contributed by atoms with Crippen LogP contribution < -0.4 is 5.32 Å².